The Hall–Kier alpha value is -1.88. The number of nitrogen functional groups attached to an aromatic ring is 1. The van der Waals surface area contributed by atoms with Gasteiger partial charge in [-0.05, 0) is 12.1 Å². The Morgan fingerprint density at radius 1 is 1.38 bits per heavy atom. The highest BCUT2D eigenvalue weighted by molar-refractivity contribution is 7.13. The van der Waals surface area contributed by atoms with Crippen molar-refractivity contribution in [1.29, 1.82) is 0 Å². The van der Waals surface area contributed by atoms with E-state index in [2.05, 4.69) is 9.97 Å². The first-order chi connectivity index (χ1) is 7.75. The van der Waals surface area contributed by atoms with E-state index in [-0.39, 0.29) is 5.82 Å². The molecule has 0 unspecified atom stereocenters. The van der Waals surface area contributed by atoms with E-state index >= 15 is 0 Å². The summed E-state index contributed by atoms with van der Waals surface area (Å²) in [6.45, 7) is 0. The largest absolute Gasteiger partial charge is 0.375 e. The Bertz CT molecular complexity index is 656. The molecule has 0 aliphatic heterocycles. The first kappa shape index (κ1) is 9.35. The van der Waals surface area contributed by atoms with Crippen molar-refractivity contribution >= 4 is 27.4 Å². The van der Waals surface area contributed by atoms with Crippen LogP contribution in [0.2, 0.25) is 0 Å². The summed E-state index contributed by atoms with van der Waals surface area (Å²) in [7, 11) is 0. The van der Waals surface area contributed by atoms with Crippen LogP contribution >= 0.6 is 11.3 Å². The third-order valence-corrected chi connectivity index (χ3v) is 3.13. The van der Waals surface area contributed by atoms with Crippen molar-refractivity contribution in [2.24, 2.45) is 0 Å². The molecule has 0 amide bonds. The highest BCUT2D eigenvalue weighted by Crippen LogP contribution is 2.31. The van der Waals surface area contributed by atoms with Crippen molar-refractivity contribution in [3.05, 3.63) is 35.6 Å². The molecule has 80 valence electrons. The standard InChI is InChI=1S/C11H8FN3S/c12-7-2-1-3-8-10(7)6(4-14-8)9-5-16-11(13)15-9/h1-5,14H,(H2,13,15). The van der Waals surface area contributed by atoms with Crippen LogP contribution in [0.5, 0.6) is 0 Å². The second-order valence-corrected chi connectivity index (χ2v) is 4.33. The van der Waals surface area contributed by atoms with Gasteiger partial charge in [-0.1, -0.05) is 6.07 Å². The molecular formula is C11H8FN3S. The summed E-state index contributed by atoms with van der Waals surface area (Å²) in [5, 5.41) is 2.87. The molecule has 0 fully saturated rings. The van der Waals surface area contributed by atoms with Gasteiger partial charge in [0.2, 0.25) is 0 Å². The van der Waals surface area contributed by atoms with Crippen LogP contribution in [0, 0.1) is 5.82 Å². The van der Waals surface area contributed by atoms with Gasteiger partial charge in [-0.25, -0.2) is 9.37 Å². The molecule has 0 atom stereocenters. The molecule has 3 aromatic rings. The number of hydrogen-bond donors (Lipinski definition) is 2. The van der Waals surface area contributed by atoms with E-state index in [1.54, 1.807) is 12.3 Å². The lowest BCUT2D eigenvalue weighted by molar-refractivity contribution is 0.640. The zero-order chi connectivity index (χ0) is 11.1. The average Bonchev–Trinajstić information content (AvgIpc) is 2.84. The van der Waals surface area contributed by atoms with Crippen LogP contribution < -0.4 is 5.73 Å². The van der Waals surface area contributed by atoms with Gasteiger partial charge in [-0.2, -0.15) is 0 Å². The van der Waals surface area contributed by atoms with Gasteiger partial charge >= 0.3 is 0 Å². The van der Waals surface area contributed by atoms with Gasteiger partial charge in [0.05, 0.1) is 5.69 Å². The molecule has 0 spiro atoms. The van der Waals surface area contributed by atoms with Crippen LogP contribution in [0.3, 0.4) is 0 Å². The fourth-order valence-corrected chi connectivity index (χ4v) is 2.32. The number of fused-ring (bicyclic) bond motifs is 1. The van der Waals surface area contributed by atoms with Crippen LogP contribution in [0.25, 0.3) is 22.2 Å². The van der Waals surface area contributed by atoms with Crippen LogP contribution in [-0.2, 0) is 0 Å². The number of hydrogen-bond acceptors (Lipinski definition) is 3. The number of rotatable bonds is 1. The fraction of sp³-hybridized carbons (Fsp3) is 0. The quantitative estimate of drug-likeness (QED) is 0.678. The molecule has 3 rings (SSSR count). The van der Waals surface area contributed by atoms with Crippen LogP contribution in [0.15, 0.2) is 29.8 Å². The monoisotopic (exact) mass is 233 g/mol. The van der Waals surface area contributed by atoms with E-state index in [4.69, 9.17) is 5.73 Å². The third kappa shape index (κ3) is 1.29. The summed E-state index contributed by atoms with van der Waals surface area (Å²) in [6.07, 6.45) is 1.75. The topological polar surface area (TPSA) is 54.7 Å². The SMILES string of the molecule is Nc1nc(-c2c[nH]c3cccc(F)c23)cs1. The summed E-state index contributed by atoms with van der Waals surface area (Å²) in [6, 6.07) is 4.94. The lowest BCUT2D eigenvalue weighted by atomic mass is 10.1. The Labute approximate surface area is 94.7 Å². The van der Waals surface area contributed by atoms with Gasteiger partial charge in [0.15, 0.2) is 5.13 Å². The number of benzene rings is 1. The second-order valence-electron chi connectivity index (χ2n) is 3.44. The molecule has 2 aromatic heterocycles. The van der Waals surface area contributed by atoms with Gasteiger partial charge < -0.3 is 10.7 Å². The van der Waals surface area contributed by atoms with E-state index in [0.717, 1.165) is 11.1 Å². The van der Waals surface area contributed by atoms with Gasteiger partial charge in [0, 0.05) is 28.0 Å². The number of nitrogens with two attached hydrogens (primary N) is 1. The van der Waals surface area contributed by atoms with Gasteiger partial charge in [-0.3, -0.25) is 0 Å². The molecule has 3 N–H and O–H groups in total. The average molecular weight is 233 g/mol. The molecular weight excluding hydrogens is 225 g/mol. The number of nitrogens with zero attached hydrogens (tertiary/aromatic N) is 1. The zero-order valence-corrected chi connectivity index (χ0v) is 9.01. The molecule has 16 heavy (non-hydrogen) atoms. The van der Waals surface area contributed by atoms with E-state index < -0.39 is 0 Å². The summed E-state index contributed by atoms with van der Waals surface area (Å²) < 4.78 is 13.7. The van der Waals surface area contributed by atoms with E-state index in [1.165, 1.54) is 17.4 Å². The fourth-order valence-electron chi connectivity index (χ4n) is 1.75. The summed E-state index contributed by atoms with van der Waals surface area (Å²) in [5.74, 6) is -0.250. The number of thiazole rings is 1. The molecule has 0 aliphatic rings. The first-order valence-electron chi connectivity index (χ1n) is 4.72. The third-order valence-electron chi connectivity index (χ3n) is 2.45. The highest BCUT2D eigenvalue weighted by Gasteiger charge is 2.12. The number of aromatic amines is 1. The van der Waals surface area contributed by atoms with Crippen LogP contribution in [0.1, 0.15) is 0 Å². The van der Waals surface area contributed by atoms with Crippen molar-refractivity contribution in [2.75, 3.05) is 5.73 Å². The molecule has 1 aromatic carbocycles. The second kappa shape index (κ2) is 3.31. The van der Waals surface area contributed by atoms with E-state index in [9.17, 15) is 4.39 Å². The van der Waals surface area contributed by atoms with E-state index in [1.807, 2.05) is 11.4 Å². The summed E-state index contributed by atoms with van der Waals surface area (Å²) >= 11 is 1.35. The van der Waals surface area contributed by atoms with Gasteiger partial charge in [-0.15, -0.1) is 11.3 Å². The minimum absolute atomic E-state index is 0.250. The van der Waals surface area contributed by atoms with Crippen molar-refractivity contribution in [3.63, 3.8) is 0 Å². The predicted molar refractivity (Wildman–Crippen MR) is 63.8 cm³/mol. The molecule has 0 saturated heterocycles. The maximum Gasteiger partial charge on any atom is 0.180 e. The molecule has 5 heteroatoms. The molecule has 0 aliphatic carbocycles. The zero-order valence-electron chi connectivity index (χ0n) is 8.20. The summed E-state index contributed by atoms with van der Waals surface area (Å²) in [5.41, 5.74) is 7.79. The first-order valence-corrected chi connectivity index (χ1v) is 5.60. The maximum absolute atomic E-state index is 13.7. The number of H-pyrrole nitrogens is 1. The van der Waals surface area contributed by atoms with Crippen molar-refractivity contribution in [1.82, 2.24) is 9.97 Å². The minimum atomic E-state index is -0.250. The minimum Gasteiger partial charge on any atom is -0.375 e. The molecule has 0 bridgehead atoms. The van der Waals surface area contributed by atoms with Crippen LogP contribution in [-0.4, -0.2) is 9.97 Å². The Morgan fingerprint density at radius 2 is 2.25 bits per heavy atom. The maximum atomic E-state index is 13.7. The number of aromatic nitrogens is 2. The highest BCUT2D eigenvalue weighted by atomic mass is 32.1. The Morgan fingerprint density at radius 3 is 3.00 bits per heavy atom. The van der Waals surface area contributed by atoms with Crippen molar-refractivity contribution in [3.8, 4) is 11.3 Å². The van der Waals surface area contributed by atoms with Gasteiger partial charge in [0.1, 0.15) is 5.82 Å². The number of nitrogens with one attached hydrogen (secondary N) is 1. The normalized spacial score (nSPS) is 11.1. The van der Waals surface area contributed by atoms with Crippen molar-refractivity contribution < 1.29 is 4.39 Å². The number of anilines is 1. The van der Waals surface area contributed by atoms with Gasteiger partial charge in [0.25, 0.3) is 0 Å². The molecule has 2 heterocycles. The smallest absolute Gasteiger partial charge is 0.180 e. The number of halogens is 1. The molecule has 0 radical (unpaired) electrons. The predicted octanol–water partition coefficient (Wildman–Crippen LogP) is 3.01. The van der Waals surface area contributed by atoms with Crippen LogP contribution in [0.4, 0.5) is 9.52 Å². The lowest BCUT2D eigenvalue weighted by Crippen LogP contribution is -1.83. The molecule has 0 saturated carbocycles. The lowest BCUT2D eigenvalue weighted by Gasteiger charge is -1.95. The van der Waals surface area contributed by atoms with Crippen molar-refractivity contribution in [2.45, 2.75) is 0 Å². The Balaban J connectivity index is 2.32. The Kier molecular flexibility index (Phi) is 1.94. The molecule has 3 nitrogen and oxygen atoms in total. The van der Waals surface area contributed by atoms with E-state index in [0.29, 0.717) is 16.2 Å². The summed E-state index contributed by atoms with van der Waals surface area (Å²) in [4.78, 5) is 7.17.